The lowest BCUT2D eigenvalue weighted by molar-refractivity contribution is -0.185. The van der Waals surface area contributed by atoms with Crippen molar-refractivity contribution in [2.24, 2.45) is 11.8 Å². The van der Waals surface area contributed by atoms with Crippen LogP contribution in [0.5, 0.6) is 0 Å². The average Bonchev–Trinajstić information content (AvgIpc) is 2.25. The van der Waals surface area contributed by atoms with Gasteiger partial charge in [-0.3, -0.25) is 4.90 Å². The Balaban J connectivity index is 1.66. The first-order valence-corrected chi connectivity index (χ1v) is 6.97. The van der Waals surface area contributed by atoms with E-state index in [4.69, 9.17) is 0 Å². The quantitative estimate of drug-likeness (QED) is 0.603. The second kappa shape index (κ2) is 4.45. The van der Waals surface area contributed by atoms with Crippen LogP contribution in [0.25, 0.3) is 0 Å². The molecule has 15 heavy (non-hydrogen) atoms. The SMILES string of the molecule is CCCCCCN1CC2C(CC)CC21C. The lowest BCUT2D eigenvalue weighted by Gasteiger charge is -2.69. The number of likely N-dealkylation sites (tertiary alicyclic amines) is 1. The summed E-state index contributed by atoms with van der Waals surface area (Å²) in [5, 5.41) is 0. The molecule has 0 amide bonds. The van der Waals surface area contributed by atoms with Crippen molar-refractivity contribution in [2.45, 2.75) is 64.8 Å². The highest BCUT2D eigenvalue weighted by Crippen LogP contribution is 2.56. The van der Waals surface area contributed by atoms with E-state index in [9.17, 15) is 0 Å². The molecule has 1 aliphatic carbocycles. The van der Waals surface area contributed by atoms with Gasteiger partial charge >= 0.3 is 0 Å². The first-order valence-electron chi connectivity index (χ1n) is 6.97. The first kappa shape index (κ1) is 11.4. The van der Waals surface area contributed by atoms with Crippen molar-refractivity contribution in [3.63, 3.8) is 0 Å². The number of unbranched alkanes of at least 4 members (excludes halogenated alkanes) is 3. The van der Waals surface area contributed by atoms with Crippen molar-refractivity contribution in [2.75, 3.05) is 13.1 Å². The van der Waals surface area contributed by atoms with Crippen molar-refractivity contribution < 1.29 is 0 Å². The Kier molecular flexibility index (Phi) is 3.39. The number of hydrogen-bond donors (Lipinski definition) is 0. The fourth-order valence-corrected chi connectivity index (χ4v) is 3.72. The van der Waals surface area contributed by atoms with E-state index in [-0.39, 0.29) is 0 Å². The molecule has 2 aliphatic rings. The van der Waals surface area contributed by atoms with Crippen LogP contribution in [-0.2, 0) is 0 Å². The molecule has 1 aliphatic heterocycles. The van der Waals surface area contributed by atoms with Crippen molar-refractivity contribution in [3.8, 4) is 0 Å². The van der Waals surface area contributed by atoms with E-state index in [0.29, 0.717) is 5.54 Å². The Hall–Kier alpha value is -0.0400. The van der Waals surface area contributed by atoms with E-state index >= 15 is 0 Å². The summed E-state index contributed by atoms with van der Waals surface area (Å²) in [5.41, 5.74) is 0.632. The minimum atomic E-state index is 0.632. The molecule has 0 N–H and O–H groups in total. The van der Waals surface area contributed by atoms with Crippen molar-refractivity contribution in [1.82, 2.24) is 4.90 Å². The number of hydrogen-bond acceptors (Lipinski definition) is 1. The van der Waals surface area contributed by atoms with Crippen molar-refractivity contribution in [1.29, 1.82) is 0 Å². The van der Waals surface area contributed by atoms with Gasteiger partial charge in [0.15, 0.2) is 0 Å². The van der Waals surface area contributed by atoms with Crippen LogP contribution in [0.15, 0.2) is 0 Å². The number of fused-ring (bicyclic) bond motifs is 1. The number of piperidine rings is 1. The number of nitrogens with zero attached hydrogens (tertiary/aromatic N) is 1. The molecule has 0 aromatic rings. The summed E-state index contributed by atoms with van der Waals surface area (Å²) >= 11 is 0. The summed E-state index contributed by atoms with van der Waals surface area (Å²) in [5.74, 6) is 2.11. The van der Waals surface area contributed by atoms with Crippen LogP contribution in [0, 0.1) is 11.8 Å². The van der Waals surface area contributed by atoms with Gasteiger partial charge in [0.25, 0.3) is 0 Å². The largest absolute Gasteiger partial charge is 0.297 e. The highest BCUT2D eigenvalue weighted by atomic mass is 15.3. The average molecular weight is 209 g/mol. The van der Waals surface area contributed by atoms with Gasteiger partial charge in [0.1, 0.15) is 0 Å². The van der Waals surface area contributed by atoms with E-state index in [1.54, 1.807) is 0 Å². The Morgan fingerprint density at radius 1 is 1.20 bits per heavy atom. The topological polar surface area (TPSA) is 3.24 Å². The molecular weight excluding hydrogens is 182 g/mol. The normalized spacial score (nSPS) is 39.4. The van der Waals surface area contributed by atoms with E-state index in [1.807, 2.05) is 0 Å². The molecule has 3 atom stereocenters. The Morgan fingerprint density at radius 2 is 2.00 bits per heavy atom. The zero-order valence-corrected chi connectivity index (χ0v) is 10.8. The van der Waals surface area contributed by atoms with Crippen LogP contribution in [-0.4, -0.2) is 23.5 Å². The summed E-state index contributed by atoms with van der Waals surface area (Å²) in [6.07, 6.45) is 8.52. The summed E-state index contributed by atoms with van der Waals surface area (Å²) in [6, 6.07) is 0. The number of rotatable bonds is 6. The summed E-state index contributed by atoms with van der Waals surface area (Å²) in [7, 11) is 0. The van der Waals surface area contributed by atoms with Crippen LogP contribution in [0.4, 0.5) is 0 Å². The predicted molar refractivity (Wildman–Crippen MR) is 66.0 cm³/mol. The van der Waals surface area contributed by atoms with E-state index in [1.165, 1.54) is 51.6 Å². The summed E-state index contributed by atoms with van der Waals surface area (Å²) in [6.45, 7) is 9.91. The molecule has 1 heteroatoms. The maximum atomic E-state index is 2.75. The van der Waals surface area contributed by atoms with Gasteiger partial charge in [0.05, 0.1) is 0 Å². The Morgan fingerprint density at radius 3 is 2.53 bits per heavy atom. The molecule has 1 saturated carbocycles. The molecule has 2 rings (SSSR count). The monoisotopic (exact) mass is 209 g/mol. The van der Waals surface area contributed by atoms with Crippen LogP contribution >= 0.6 is 0 Å². The van der Waals surface area contributed by atoms with Gasteiger partial charge in [-0.25, -0.2) is 0 Å². The molecule has 0 aromatic carbocycles. The first-order chi connectivity index (χ1) is 7.22. The Labute approximate surface area is 95.2 Å². The molecule has 0 radical (unpaired) electrons. The third-order valence-electron chi connectivity index (χ3n) is 4.99. The van der Waals surface area contributed by atoms with E-state index in [2.05, 4.69) is 25.7 Å². The fraction of sp³-hybridized carbons (Fsp3) is 1.00. The molecule has 1 saturated heterocycles. The summed E-state index contributed by atoms with van der Waals surface area (Å²) < 4.78 is 0. The van der Waals surface area contributed by atoms with Gasteiger partial charge in [-0.1, -0.05) is 39.5 Å². The van der Waals surface area contributed by atoms with Gasteiger partial charge in [0.2, 0.25) is 0 Å². The highest BCUT2D eigenvalue weighted by Gasteiger charge is 2.60. The summed E-state index contributed by atoms with van der Waals surface area (Å²) in [4.78, 5) is 2.75. The molecule has 1 nitrogen and oxygen atoms in total. The lowest BCUT2D eigenvalue weighted by Crippen LogP contribution is -2.75. The standard InChI is InChI=1S/C14H27N/c1-4-6-7-8-9-15-11-13-12(5-2)10-14(13,15)3/h12-13H,4-11H2,1-3H3. The molecule has 0 bridgehead atoms. The van der Waals surface area contributed by atoms with E-state index in [0.717, 1.165) is 11.8 Å². The van der Waals surface area contributed by atoms with Gasteiger partial charge in [-0.15, -0.1) is 0 Å². The van der Waals surface area contributed by atoms with Gasteiger partial charge in [-0.05, 0) is 38.1 Å². The molecule has 1 heterocycles. The van der Waals surface area contributed by atoms with Crippen molar-refractivity contribution in [3.05, 3.63) is 0 Å². The zero-order chi connectivity index (χ0) is 10.9. The van der Waals surface area contributed by atoms with Gasteiger partial charge < -0.3 is 0 Å². The Bertz CT molecular complexity index is 213. The van der Waals surface area contributed by atoms with Crippen LogP contribution in [0.1, 0.15) is 59.3 Å². The maximum Gasteiger partial charge on any atom is 0.0227 e. The third-order valence-corrected chi connectivity index (χ3v) is 4.99. The fourth-order valence-electron chi connectivity index (χ4n) is 3.72. The lowest BCUT2D eigenvalue weighted by atomic mass is 9.52. The second-order valence-corrected chi connectivity index (χ2v) is 5.84. The van der Waals surface area contributed by atoms with Crippen LogP contribution in [0.2, 0.25) is 0 Å². The van der Waals surface area contributed by atoms with Crippen molar-refractivity contribution >= 4 is 0 Å². The van der Waals surface area contributed by atoms with Crippen LogP contribution < -0.4 is 0 Å². The van der Waals surface area contributed by atoms with Gasteiger partial charge in [-0.2, -0.15) is 0 Å². The highest BCUT2D eigenvalue weighted by molar-refractivity contribution is 5.14. The third kappa shape index (κ3) is 1.84. The second-order valence-electron chi connectivity index (χ2n) is 5.84. The van der Waals surface area contributed by atoms with Gasteiger partial charge in [0, 0.05) is 12.1 Å². The minimum absolute atomic E-state index is 0.632. The molecule has 0 spiro atoms. The maximum absolute atomic E-state index is 2.75. The minimum Gasteiger partial charge on any atom is -0.297 e. The molecule has 3 unspecified atom stereocenters. The predicted octanol–water partition coefficient (Wildman–Crippen LogP) is 3.69. The molecule has 0 aromatic heterocycles. The van der Waals surface area contributed by atoms with E-state index < -0.39 is 0 Å². The smallest absolute Gasteiger partial charge is 0.0227 e. The molecule has 2 fully saturated rings. The molecule has 88 valence electrons. The zero-order valence-electron chi connectivity index (χ0n) is 10.8. The van der Waals surface area contributed by atoms with Crippen LogP contribution in [0.3, 0.4) is 0 Å². The molecular formula is C14H27N.